The van der Waals surface area contributed by atoms with Crippen molar-refractivity contribution in [2.45, 2.75) is 51.7 Å². The number of carbonyl (C=O) groups excluding carboxylic acids is 2. The average Bonchev–Trinajstić information content (AvgIpc) is 2.60. The summed E-state index contributed by atoms with van der Waals surface area (Å²) in [7, 11) is 0. The van der Waals surface area contributed by atoms with Gasteiger partial charge >= 0.3 is 6.09 Å². The van der Waals surface area contributed by atoms with Crippen LogP contribution in [-0.4, -0.2) is 48.2 Å². The second kappa shape index (κ2) is 7.97. The maximum atomic E-state index is 12.6. The molecular formula is C20H27ClN2O4. The van der Waals surface area contributed by atoms with Gasteiger partial charge in [0.2, 0.25) is 5.91 Å². The third-order valence-electron chi connectivity index (χ3n) is 4.79. The van der Waals surface area contributed by atoms with Crippen LogP contribution in [0.15, 0.2) is 18.2 Å². The number of hydrogen-bond acceptors (Lipinski definition) is 4. The number of piperidine rings is 1. The lowest BCUT2D eigenvalue weighted by Gasteiger charge is -2.34. The van der Waals surface area contributed by atoms with Crippen LogP contribution in [0.4, 0.5) is 4.79 Å². The molecule has 0 aliphatic carbocycles. The summed E-state index contributed by atoms with van der Waals surface area (Å²) >= 11 is 6.04. The highest BCUT2D eigenvalue weighted by molar-refractivity contribution is 6.30. The van der Waals surface area contributed by atoms with Crippen molar-refractivity contribution in [2.75, 3.05) is 19.7 Å². The molecule has 2 heterocycles. The predicted molar refractivity (Wildman–Crippen MR) is 103 cm³/mol. The number of ether oxygens (including phenoxy) is 2. The van der Waals surface area contributed by atoms with E-state index < -0.39 is 5.60 Å². The molecule has 0 saturated carbocycles. The van der Waals surface area contributed by atoms with E-state index in [1.807, 2.05) is 32.9 Å². The number of hydrogen-bond donors (Lipinski definition) is 1. The summed E-state index contributed by atoms with van der Waals surface area (Å²) in [5, 5.41) is 3.76. The molecule has 1 unspecified atom stereocenters. The number of amides is 2. The quantitative estimate of drug-likeness (QED) is 0.834. The Morgan fingerprint density at radius 1 is 1.26 bits per heavy atom. The van der Waals surface area contributed by atoms with Gasteiger partial charge in [-0.05, 0) is 63.8 Å². The molecule has 148 valence electrons. The van der Waals surface area contributed by atoms with Crippen molar-refractivity contribution in [3.8, 4) is 5.75 Å². The molecular weight excluding hydrogens is 368 g/mol. The number of carbonyl (C=O) groups is 2. The molecule has 2 aliphatic heterocycles. The minimum absolute atomic E-state index is 0.00339. The smallest absolute Gasteiger partial charge is 0.410 e. The molecule has 3 rings (SSSR count). The first-order chi connectivity index (χ1) is 12.7. The summed E-state index contributed by atoms with van der Waals surface area (Å²) in [4.78, 5) is 26.5. The van der Waals surface area contributed by atoms with E-state index in [4.69, 9.17) is 21.1 Å². The van der Waals surface area contributed by atoms with E-state index in [1.165, 1.54) is 0 Å². The van der Waals surface area contributed by atoms with Crippen LogP contribution < -0.4 is 10.1 Å². The average molecular weight is 395 g/mol. The summed E-state index contributed by atoms with van der Waals surface area (Å²) < 4.78 is 11.1. The van der Waals surface area contributed by atoms with Crippen LogP contribution >= 0.6 is 11.6 Å². The van der Waals surface area contributed by atoms with Gasteiger partial charge in [-0.3, -0.25) is 4.79 Å². The highest BCUT2D eigenvalue weighted by atomic mass is 35.5. The monoisotopic (exact) mass is 394 g/mol. The van der Waals surface area contributed by atoms with Crippen LogP contribution in [0.25, 0.3) is 0 Å². The third-order valence-corrected chi connectivity index (χ3v) is 5.03. The van der Waals surface area contributed by atoms with Crippen molar-refractivity contribution in [3.05, 3.63) is 28.8 Å². The maximum Gasteiger partial charge on any atom is 0.410 e. The molecule has 0 radical (unpaired) electrons. The summed E-state index contributed by atoms with van der Waals surface area (Å²) in [6.45, 7) is 7.11. The summed E-state index contributed by atoms with van der Waals surface area (Å²) in [5.41, 5.74) is 0.469. The molecule has 1 aromatic carbocycles. The van der Waals surface area contributed by atoms with Crippen molar-refractivity contribution >= 4 is 23.6 Å². The Morgan fingerprint density at radius 2 is 1.96 bits per heavy atom. The number of rotatable bonds is 2. The number of benzene rings is 1. The Morgan fingerprint density at radius 3 is 2.63 bits per heavy atom. The van der Waals surface area contributed by atoms with Crippen LogP contribution in [0.1, 0.15) is 39.2 Å². The molecule has 1 N–H and O–H groups in total. The molecule has 0 aromatic heterocycles. The highest BCUT2D eigenvalue weighted by Gasteiger charge is 2.31. The molecule has 7 heteroatoms. The minimum atomic E-state index is -0.498. The fraction of sp³-hybridized carbons (Fsp3) is 0.600. The van der Waals surface area contributed by atoms with E-state index in [0.717, 1.165) is 24.2 Å². The van der Waals surface area contributed by atoms with Crippen LogP contribution in [0.2, 0.25) is 5.02 Å². The van der Waals surface area contributed by atoms with Crippen molar-refractivity contribution in [1.29, 1.82) is 0 Å². The molecule has 27 heavy (non-hydrogen) atoms. The number of halogens is 1. The van der Waals surface area contributed by atoms with E-state index in [1.54, 1.807) is 11.0 Å². The van der Waals surface area contributed by atoms with Gasteiger partial charge in [0.1, 0.15) is 18.0 Å². The number of fused-ring (bicyclic) bond motifs is 1. The van der Waals surface area contributed by atoms with Crippen LogP contribution in [-0.2, 0) is 16.0 Å². The molecule has 2 aliphatic rings. The Balaban J connectivity index is 1.48. The Hall–Kier alpha value is -1.95. The molecule has 1 atom stereocenters. The lowest BCUT2D eigenvalue weighted by Crippen LogP contribution is -2.49. The van der Waals surface area contributed by atoms with E-state index in [-0.39, 0.29) is 24.0 Å². The number of nitrogens with one attached hydrogen (secondary N) is 1. The van der Waals surface area contributed by atoms with Gasteiger partial charge in [0, 0.05) is 24.2 Å². The molecule has 0 spiro atoms. The van der Waals surface area contributed by atoms with E-state index >= 15 is 0 Å². The Bertz CT molecular complexity index is 708. The largest absolute Gasteiger partial charge is 0.492 e. The van der Waals surface area contributed by atoms with Gasteiger partial charge in [-0.15, -0.1) is 0 Å². The standard InChI is InChI=1S/C20H27ClN2O4/c1-20(2,3)27-19(25)23-8-6-16(7-9-23)22-18(24)14-10-13-11-15(21)4-5-17(13)26-12-14/h4-5,11,14,16H,6-10,12H2,1-3H3,(H,22,24). The first kappa shape index (κ1) is 19.8. The topological polar surface area (TPSA) is 67.9 Å². The van der Waals surface area contributed by atoms with Gasteiger partial charge in [-0.2, -0.15) is 0 Å². The van der Waals surface area contributed by atoms with Gasteiger partial charge in [-0.25, -0.2) is 4.79 Å². The zero-order valence-electron chi connectivity index (χ0n) is 16.1. The molecule has 0 bridgehead atoms. The maximum absolute atomic E-state index is 12.6. The van der Waals surface area contributed by atoms with Crippen LogP contribution in [0.3, 0.4) is 0 Å². The summed E-state index contributed by atoms with van der Waals surface area (Å²) in [6, 6.07) is 5.56. The predicted octanol–water partition coefficient (Wildman–Crippen LogP) is 3.41. The zero-order chi connectivity index (χ0) is 19.6. The van der Waals surface area contributed by atoms with Gasteiger partial charge in [0.05, 0.1) is 5.92 Å². The summed E-state index contributed by atoms with van der Waals surface area (Å²) in [6.07, 6.45) is 1.78. The van der Waals surface area contributed by atoms with Gasteiger partial charge in [-0.1, -0.05) is 11.6 Å². The molecule has 1 saturated heterocycles. The van der Waals surface area contributed by atoms with Gasteiger partial charge in [0.25, 0.3) is 0 Å². The van der Waals surface area contributed by atoms with Crippen molar-refractivity contribution in [2.24, 2.45) is 5.92 Å². The van der Waals surface area contributed by atoms with Crippen LogP contribution in [0.5, 0.6) is 5.75 Å². The van der Waals surface area contributed by atoms with Crippen molar-refractivity contribution in [1.82, 2.24) is 10.2 Å². The first-order valence-corrected chi connectivity index (χ1v) is 9.78. The minimum Gasteiger partial charge on any atom is -0.492 e. The second-order valence-corrected chi connectivity index (χ2v) is 8.65. The Kier molecular flexibility index (Phi) is 5.84. The third kappa shape index (κ3) is 5.28. The summed E-state index contributed by atoms with van der Waals surface area (Å²) in [5.74, 6) is 0.574. The van der Waals surface area contributed by atoms with Gasteiger partial charge < -0.3 is 19.7 Å². The molecule has 2 amide bonds. The fourth-order valence-corrected chi connectivity index (χ4v) is 3.58. The lowest BCUT2D eigenvalue weighted by atomic mass is 9.95. The number of likely N-dealkylation sites (tertiary alicyclic amines) is 1. The van der Waals surface area contributed by atoms with Crippen molar-refractivity contribution < 1.29 is 19.1 Å². The SMILES string of the molecule is CC(C)(C)OC(=O)N1CCC(NC(=O)C2COc3ccc(Cl)cc3C2)CC1. The first-order valence-electron chi connectivity index (χ1n) is 9.41. The van der Waals surface area contributed by atoms with Gasteiger partial charge in [0.15, 0.2) is 0 Å². The highest BCUT2D eigenvalue weighted by Crippen LogP contribution is 2.30. The molecule has 6 nitrogen and oxygen atoms in total. The molecule has 1 fully saturated rings. The second-order valence-electron chi connectivity index (χ2n) is 8.21. The zero-order valence-corrected chi connectivity index (χ0v) is 16.8. The van der Waals surface area contributed by atoms with E-state index in [0.29, 0.717) is 31.1 Å². The fourth-order valence-electron chi connectivity index (χ4n) is 3.38. The number of nitrogens with zero attached hydrogens (tertiary/aromatic N) is 1. The normalized spacial score (nSPS) is 20.4. The van der Waals surface area contributed by atoms with Crippen molar-refractivity contribution in [3.63, 3.8) is 0 Å². The van der Waals surface area contributed by atoms with E-state index in [2.05, 4.69) is 5.32 Å². The Labute approximate surface area is 165 Å². The lowest BCUT2D eigenvalue weighted by molar-refractivity contribution is -0.127. The molecule has 1 aromatic rings. The van der Waals surface area contributed by atoms with E-state index in [9.17, 15) is 9.59 Å². The van der Waals surface area contributed by atoms with Crippen LogP contribution in [0, 0.1) is 5.92 Å².